The molecule has 3 N–H and O–H groups in total. The van der Waals surface area contributed by atoms with Gasteiger partial charge >= 0.3 is 0 Å². The second-order valence-electron chi connectivity index (χ2n) is 4.71. The molecule has 0 aliphatic carbocycles. The fourth-order valence-corrected chi connectivity index (χ4v) is 1.80. The number of nitro benzene ring substituents is 1. The number of benzene rings is 1. The van der Waals surface area contributed by atoms with Gasteiger partial charge in [-0.1, -0.05) is 31.9 Å². The van der Waals surface area contributed by atoms with E-state index in [1.165, 1.54) is 12.1 Å². The molecule has 1 rings (SSSR count). The third-order valence-electron chi connectivity index (χ3n) is 3.07. The molecule has 6 heteroatoms. The lowest BCUT2D eigenvalue weighted by Gasteiger charge is -2.11. The second-order valence-corrected chi connectivity index (χ2v) is 4.71. The van der Waals surface area contributed by atoms with Crippen molar-refractivity contribution >= 4 is 11.6 Å². The Morgan fingerprint density at radius 1 is 1.40 bits per heavy atom. The van der Waals surface area contributed by atoms with E-state index in [-0.39, 0.29) is 11.6 Å². The highest BCUT2D eigenvalue weighted by Crippen LogP contribution is 2.11. The van der Waals surface area contributed by atoms with Crippen LogP contribution in [0.3, 0.4) is 0 Å². The first-order chi connectivity index (χ1) is 9.54. The van der Waals surface area contributed by atoms with Crippen LogP contribution < -0.4 is 11.1 Å². The number of amides is 1. The number of nitro groups is 1. The van der Waals surface area contributed by atoms with E-state index in [4.69, 9.17) is 5.73 Å². The molecule has 0 aliphatic heterocycles. The topological polar surface area (TPSA) is 98.3 Å². The number of carbonyl (C=O) groups is 1. The third-order valence-corrected chi connectivity index (χ3v) is 3.07. The minimum Gasteiger partial charge on any atom is -0.354 e. The minimum absolute atomic E-state index is 0.0689. The molecule has 0 saturated carbocycles. The van der Waals surface area contributed by atoms with Gasteiger partial charge in [-0.15, -0.1) is 0 Å². The Morgan fingerprint density at radius 3 is 2.60 bits per heavy atom. The summed E-state index contributed by atoms with van der Waals surface area (Å²) in [6.45, 7) is 2.54. The average molecular weight is 279 g/mol. The van der Waals surface area contributed by atoms with Gasteiger partial charge in [-0.05, 0) is 18.4 Å². The van der Waals surface area contributed by atoms with Gasteiger partial charge in [0.2, 0.25) is 5.91 Å². The van der Waals surface area contributed by atoms with E-state index in [1.807, 2.05) is 0 Å². The number of hydrogen-bond donors (Lipinski definition) is 2. The zero-order valence-electron chi connectivity index (χ0n) is 11.7. The molecular formula is C14H21N3O3. The van der Waals surface area contributed by atoms with Gasteiger partial charge in [0.25, 0.3) is 5.69 Å². The largest absolute Gasteiger partial charge is 0.354 e. The van der Waals surface area contributed by atoms with E-state index < -0.39 is 11.0 Å². The third kappa shape index (κ3) is 5.36. The Balaban J connectivity index is 2.33. The van der Waals surface area contributed by atoms with E-state index in [0.717, 1.165) is 18.4 Å². The van der Waals surface area contributed by atoms with Crippen molar-refractivity contribution < 1.29 is 9.72 Å². The van der Waals surface area contributed by atoms with Crippen molar-refractivity contribution in [3.63, 3.8) is 0 Å². The van der Waals surface area contributed by atoms with Gasteiger partial charge in [0.05, 0.1) is 11.0 Å². The predicted molar refractivity (Wildman–Crippen MR) is 77.3 cm³/mol. The predicted octanol–water partition coefficient (Wildman–Crippen LogP) is 1.77. The van der Waals surface area contributed by atoms with Gasteiger partial charge in [-0.2, -0.15) is 0 Å². The molecular weight excluding hydrogens is 258 g/mol. The molecule has 1 aromatic carbocycles. The molecule has 110 valence electrons. The standard InChI is InChI=1S/C14H21N3O3/c1-2-3-4-13(15)14(18)16-10-9-11-5-7-12(8-6-11)17(19)20/h5-8,13H,2-4,9-10,15H2,1H3,(H,16,18). The van der Waals surface area contributed by atoms with Crippen molar-refractivity contribution in [2.75, 3.05) is 6.54 Å². The lowest BCUT2D eigenvalue weighted by molar-refractivity contribution is -0.384. The number of unbranched alkanes of at least 4 members (excludes halogenated alkanes) is 1. The Bertz CT molecular complexity index is 445. The molecule has 0 spiro atoms. The maximum Gasteiger partial charge on any atom is 0.269 e. The summed E-state index contributed by atoms with van der Waals surface area (Å²) in [5.74, 6) is -0.139. The molecule has 1 aromatic rings. The van der Waals surface area contributed by atoms with E-state index in [1.54, 1.807) is 12.1 Å². The summed E-state index contributed by atoms with van der Waals surface area (Å²) in [4.78, 5) is 21.7. The molecule has 20 heavy (non-hydrogen) atoms. The average Bonchev–Trinajstić information content (AvgIpc) is 2.45. The molecule has 0 bridgehead atoms. The highest BCUT2D eigenvalue weighted by atomic mass is 16.6. The first-order valence-electron chi connectivity index (χ1n) is 6.81. The monoisotopic (exact) mass is 279 g/mol. The molecule has 6 nitrogen and oxygen atoms in total. The van der Waals surface area contributed by atoms with Gasteiger partial charge in [-0.3, -0.25) is 14.9 Å². The van der Waals surface area contributed by atoms with E-state index in [9.17, 15) is 14.9 Å². The van der Waals surface area contributed by atoms with Crippen molar-refractivity contribution in [3.8, 4) is 0 Å². The van der Waals surface area contributed by atoms with E-state index >= 15 is 0 Å². The van der Waals surface area contributed by atoms with Crippen molar-refractivity contribution in [1.82, 2.24) is 5.32 Å². The van der Waals surface area contributed by atoms with Crippen molar-refractivity contribution in [2.24, 2.45) is 5.73 Å². The molecule has 1 atom stereocenters. The molecule has 0 aliphatic rings. The zero-order valence-corrected chi connectivity index (χ0v) is 11.7. The van der Waals surface area contributed by atoms with Crippen molar-refractivity contribution in [1.29, 1.82) is 0 Å². The zero-order chi connectivity index (χ0) is 15.0. The van der Waals surface area contributed by atoms with Crippen LogP contribution in [0.5, 0.6) is 0 Å². The van der Waals surface area contributed by atoms with Crippen LogP contribution in [0.25, 0.3) is 0 Å². The Kier molecular flexibility index (Phi) is 6.66. The van der Waals surface area contributed by atoms with Gasteiger partial charge in [0.1, 0.15) is 0 Å². The molecule has 0 radical (unpaired) electrons. The number of nitrogens with one attached hydrogen (secondary N) is 1. The Hall–Kier alpha value is -1.95. The van der Waals surface area contributed by atoms with Crippen LogP contribution in [0.4, 0.5) is 5.69 Å². The maximum absolute atomic E-state index is 11.7. The highest BCUT2D eigenvalue weighted by molar-refractivity contribution is 5.81. The van der Waals surface area contributed by atoms with Crippen LogP contribution in [0.15, 0.2) is 24.3 Å². The minimum atomic E-state index is -0.452. The SMILES string of the molecule is CCCCC(N)C(=O)NCCc1ccc([N+](=O)[O-])cc1. The van der Waals surface area contributed by atoms with E-state index in [2.05, 4.69) is 12.2 Å². The van der Waals surface area contributed by atoms with Gasteiger partial charge in [0, 0.05) is 18.7 Å². The highest BCUT2D eigenvalue weighted by Gasteiger charge is 2.11. The van der Waals surface area contributed by atoms with Crippen LogP contribution >= 0.6 is 0 Å². The fraction of sp³-hybridized carbons (Fsp3) is 0.500. The van der Waals surface area contributed by atoms with Crippen molar-refractivity contribution in [2.45, 2.75) is 38.6 Å². The first-order valence-corrected chi connectivity index (χ1v) is 6.81. The number of rotatable bonds is 8. The first kappa shape index (κ1) is 16.1. The number of hydrogen-bond acceptors (Lipinski definition) is 4. The quantitative estimate of drug-likeness (QED) is 0.559. The lowest BCUT2D eigenvalue weighted by Crippen LogP contribution is -2.41. The molecule has 0 fully saturated rings. The van der Waals surface area contributed by atoms with Gasteiger partial charge < -0.3 is 11.1 Å². The number of carbonyl (C=O) groups excluding carboxylic acids is 1. The normalized spacial score (nSPS) is 11.9. The second kappa shape index (κ2) is 8.27. The summed E-state index contributed by atoms with van der Waals surface area (Å²) in [5, 5.41) is 13.3. The molecule has 0 saturated heterocycles. The smallest absolute Gasteiger partial charge is 0.269 e. The Morgan fingerprint density at radius 2 is 2.05 bits per heavy atom. The fourth-order valence-electron chi connectivity index (χ4n) is 1.80. The van der Waals surface area contributed by atoms with Crippen LogP contribution in [-0.2, 0) is 11.2 Å². The summed E-state index contributed by atoms with van der Waals surface area (Å²) in [7, 11) is 0. The van der Waals surface area contributed by atoms with Gasteiger partial charge in [0.15, 0.2) is 0 Å². The van der Waals surface area contributed by atoms with E-state index in [0.29, 0.717) is 19.4 Å². The summed E-state index contributed by atoms with van der Waals surface area (Å²) in [6.07, 6.45) is 3.28. The summed E-state index contributed by atoms with van der Waals surface area (Å²) >= 11 is 0. The lowest BCUT2D eigenvalue weighted by atomic mass is 10.1. The number of non-ortho nitro benzene ring substituents is 1. The van der Waals surface area contributed by atoms with Crippen LogP contribution in [0.2, 0.25) is 0 Å². The number of nitrogens with zero attached hydrogens (tertiary/aromatic N) is 1. The maximum atomic E-state index is 11.7. The molecule has 0 aromatic heterocycles. The summed E-state index contributed by atoms with van der Waals surface area (Å²) in [6, 6.07) is 5.86. The van der Waals surface area contributed by atoms with Crippen LogP contribution in [0.1, 0.15) is 31.7 Å². The van der Waals surface area contributed by atoms with Crippen molar-refractivity contribution in [3.05, 3.63) is 39.9 Å². The summed E-state index contributed by atoms with van der Waals surface area (Å²) < 4.78 is 0. The van der Waals surface area contributed by atoms with Gasteiger partial charge in [-0.25, -0.2) is 0 Å². The molecule has 1 unspecified atom stereocenters. The van der Waals surface area contributed by atoms with Crippen LogP contribution in [0, 0.1) is 10.1 Å². The van der Waals surface area contributed by atoms with Crippen LogP contribution in [-0.4, -0.2) is 23.4 Å². The Labute approximate surface area is 118 Å². The number of nitrogens with two attached hydrogens (primary N) is 1. The molecule has 1 amide bonds. The molecule has 0 heterocycles. The summed E-state index contributed by atoms with van der Waals surface area (Å²) in [5.41, 5.74) is 6.76.